The van der Waals surface area contributed by atoms with Gasteiger partial charge in [0.25, 0.3) is 11.5 Å². The number of hydrogen-bond acceptors (Lipinski definition) is 4. The van der Waals surface area contributed by atoms with E-state index in [9.17, 15) is 22.8 Å². The average Bonchev–Trinajstić information content (AvgIpc) is 2.92. The molecule has 9 heteroatoms. The summed E-state index contributed by atoms with van der Waals surface area (Å²) in [6, 6.07) is 5.13. The Morgan fingerprint density at radius 1 is 1.36 bits per heavy atom. The van der Waals surface area contributed by atoms with E-state index in [0.717, 1.165) is 16.8 Å². The van der Waals surface area contributed by atoms with Crippen LogP contribution in [0.2, 0.25) is 0 Å². The molecule has 2 heterocycles. The SMILES string of the molecule is Cn1nc(C(=O)N(Cc2ccco2)CC(F)(F)F)ccc1=O. The number of amides is 1. The summed E-state index contributed by atoms with van der Waals surface area (Å²) in [6.07, 6.45) is -3.26. The summed E-state index contributed by atoms with van der Waals surface area (Å²) in [5.74, 6) is -0.730. The van der Waals surface area contributed by atoms with Crippen LogP contribution >= 0.6 is 0 Å². The van der Waals surface area contributed by atoms with E-state index in [1.54, 1.807) is 0 Å². The van der Waals surface area contributed by atoms with Gasteiger partial charge in [-0.05, 0) is 18.2 Å². The molecule has 2 aromatic rings. The lowest BCUT2D eigenvalue weighted by atomic mass is 10.3. The molecule has 0 spiro atoms. The van der Waals surface area contributed by atoms with Crippen LogP contribution in [0.25, 0.3) is 0 Å². The Hall–Kier alpha value is -2.58. The van der Waals surface area contributed by atoms with Crippen molar-refractivity contribution in [1.29, 1.82) is 0 Å². The minimum absolute atomic E-state index is 0.211. The van der Waals surface area contributed by atoms with Crippen molar-refractivity contribution in [3.8, 4) is 0 Å². The van der Waals surface area contributed by atoms with Gasteiger partial charge in [-0.15, -0.1) is 0 Å². The van der Waals surface area contributed by atoms with Gasteiger partial charge in [0.2, 0.25) is 0 Å². The standard InChI is InChI=1S/C13H12F3N3O3/c1-18-11(20)5-4-10(17-18)12(21)19(8-13(14,15)16)7-9-3-2-6-22-9/h2-6H,7-8H2,1H3. The Morgan fingerprint density at radius 2 is 2.09 bits per heavy atom. The van der Waals surface area contributed by atoms with Gasteiger partial charge >= 0.3 is 6.18 Å². The highest BCUT2D eigenvalue weighted by Crippen LogP contribution is 2.19. The van der Waals surface area contributed by atoms with Crippen molar-refractivity contribution in [2.75, 3.05) is 6.54 Å². The first-order valence-corrected chi connectivity index (χ1v) is 6.19. The highest BCUT2D eigenvalue weighted by molar-refractivity contribution is 5.92. The van der Waals surface area contributed by atoms with Gasteiger partial charge in [0.05, 0.1) is 12.8 Å². The summed E-state index contributed by atoms with van der Waals surface area (Å²) in [7, 11) is 1.31. The predicted molar refractivity (Wildman–Crippen MR) is 69.0 cm³/mol. The molecule has 22 heavy (non-hydrogen) atoms. The number of carbonyl (C=O) groups is 1. The molecule has 0 fully saturated rings. The summed E-state index contributed by atoms with van der Waals surface area (Å²) in [6.45, 7) is -1.80. The molecular weight excluding hydrogens is 303 g/mol. The van der Waals surface area contributed by atoms with E-state index in [-0.39, 0.29) is 18.0 Å². The molecule has 6 nitrogen and oxygen atoms in total. The van der Waals surface area contributed by atoms with Crippen LogP contribution in [0.15, 0.2) is 39.7 Å². The first-order chi connectivity index (χ1) is 10.3. The Labute approximate surface area is 122 Å². The van der Waals surface area contributed by atoms with E-state index < -0.39 is 24.2 Å². The van der Waals surface area contributed by atoms with Crippen LogP contribution < -0.4 is 5.56 Å². The van der Waals surface area contributed by atoms with E-state index in [1.807, 2.05) is 0 Å². The minimum atomic E-state index is -4.57. The van der Waals surface area contributed by atoms with Crippen molar-refractivity contribution in [1.82, 2.24) is 14.7 Å². The average molecular weight is 315 g/mol. The van der Waals surface area contributed by atoms with Crippen molar-refractivity contribution >= 4 is 5.91 Å². The highest BCUT2D eigenvalue weighted by atomic mass is 19.4. The van der Waals surface area contributed by atoms with Crippen molar-refractivity contribution < 1.29 is 22.4 Å². The third kappa shape index (κ3) is 3.96. The smallest absolute Gasteiger partial charge is 0.406 e. The summed E-state index contributed by atoms with van der Waals surface area (Å²) in [5.41, 5.74) is -0.720. The second-order valence-electron chi connectivity index (χ2n) is 4.54. The maximum absolute atomic E-state index is 12.7. The Bertz CT molecular complexity index is 707. The van der Waals surface area contributed by atoms with Gasteiger partial charge in [-0.2, -0.15) is 18.3 Å². The molecule has 0 aliphatic carbocycles. The normalized spacial score (nSPS) is 11.5. The van der Waals surface area contributed by atoms with Gasteiger partial charge in [-0.25, -0.2) is 4.68 Å². The van der Waals surface area contributed by atoms with Crippen molar-refractivity contribution in [2.45, 2.75) is 12.7 Å². The number of aryl methyl sites for hydroxylation is 1. The second kappa shape index (κ2) is 6.04. The van der Waals surface area contributed by atoms with Crippen molar-refractivity contribution in [3.63, 3.8) is 0 Å². The van der Waals surface area contributed by atoms with Crippen LogP contribution in [-0.2, 0) is 13.6 Å². The fraction of sp³-hybridized carbons (Fsp3) is 0.308. The molecule has 118 valence electrons. The molecule has 0 radical (unpaired) electrons. The zero-order valence-electron chi connectivity index (χ0n) is 11.5. The number of hydrogen-bond donors (Lipinski definition) is 0. The predicted octanol–water partition coefficient (Wildman–Crippen LogP) is 1.58. The van der Waals surface area contributed by atoms with Crippen LogP contribution in [0.4, 0.5) is 13.2 Å². The van der Waals surface area contributed by atoms with Gasteiger partial charge in [-0.1, -0.05) is 0 Å². The van der Waals surface area contributed by atoms with Crippen LogP contribution in [-0.4, -0.2) is 33.3 Å². The number of furan rings is 1. The summed E-state index contributed by atoms with van der Waals surface area (Å²) in [5, 5.41) is 3.67. The third-order valence-corrected chi connectivity index (χ3v) is 2.76. The number of aromatic nitrogens is 2. The Balaban J connectivity index is 2.28. The zero-order valence-corrected chi connectivity index (χ0v) is 11.5. The maximum Gasteiger partial charge on any atom is 0.406 e. The van der Waals surface area contributed by atoms with E-state index >= 15 is 0 Å². The fourth-order valence-electron chi connectivity index (χ4n) is 1.78. The number of alkyl halides is 3. The lowest BCUT2D eigenvalue weighted by Crippen LogP contribution is -2.39. The lowest BCUT2D eigenvalue weighted by Gasteiger charge is -2.22. The molecule has 0 aliphatic heterocycles. The monoisotopic (exact) mass is 315 g/mol. The second-order valence-corrected chi connectivity index (χ2v) is 4.54. The van der Waals surface area contributed by atoms with E-state index in [0.29, 0.717) is 4.90 Å². The largest absolute Gasteiger partial charge is 0.467 e. The number of rotatable bonds is 4. The molecule has 0 N–H and O–H groups in total. The molecule has 2 aromatic heterocycles. The fourth-order valence-corrected chi connectivity index (χ4v) is 1.78. The van der Waals surface area contributed by atoms with Gasteiger partial charge < -0.3 is 9.32 Å². The first kappa shape index (κ1) is 15.8. The molecule has 0 aromatic carbocycles. The molecule has 0 saturated heterocycles. The highest BCUT2D eigenvalue weighted by Gasteiger charge is 2.34. The number of carbonyl (C=O) groups excluding carboxylic acids is 1. The molecule has 0 aliphatic rings. The van der Waals surface area contributed by atoms with Crippen LogP contribution in [0, 0.1) is 0 Å². The van der Waals surface area contributed by atoms with Crippen LogP contribution in [0.1, 0.15) is 16.2 Å². The molecule has 0 saturated carbocycles. The quantitative estimate of drug-likeness (QED) is 0.859. The molecule has 0 bridgehead atoms. The van der Waals surface area contributed by atoms with E-state index in [4.69, 9.17) is 4.42 Å². The maximum atomic E-state index is 12.7. The molecule has 2 rings (SSSR count). The van der Waals surface area contributed by atoms with Gasteiger partial charge in [0, 0.05) is 13.1 Å². The Morgan fingerprint density at radius 3 is 2.64 bits per heavy atom. The first-order valence-electron chi connectivity index (χ1n) is 6.19. The van der Waals surface area contributed by atoms with Crippen LogP contribution in [0.5, 0.6) is 0 Å². The zero-order chi connectivity index (χ0) is 16.3. The minimum Gasteiger partial charge on any atom is -0.467 e. The molecule has 1 amide bonds. The summed E-state index contributed by atoms with van der Waals surface area (Å²) < 4.78 is 43.8. The number of nitrogens with zero attached hydrogens (tertiary/aromatic N) is 3. The summed E-state index contributed by atoms with van der Waals surface area (Å²) >= 11 is 0. The number of halogens is 3. The molecule has 0 atom stereocenters. The van der Waals surface area contributed by atoms with Crippen LogP contribution in [0.3, 0.4) is 0 Å². The lowest BCUT2D eigenvalue weighted by molar-refractivity contribution is -0.142. The van der Waals surface area contributed by atoms with Gasteiger partial charge in [0.15, 0.2) is 0 Å². The van der Waals surface area contributed by atoms with E-state index in [1.165, 1.54) is 25.4 Å². The van der Waals surface area contributed by atoms with Crippen molar-refractivity contribution in [3.05, 3.63) is 52.3 Å². The Kier molecular flexibility index (Phi) is 4.34. The topological polar surface area (TPSA) is 68.3 Å². The molecule has 0 unspecified atom stereocenters. The summed E-state index contributed by atoms with van der Waals surface area (Å²) in [4.78, 5) is 24.0. The van der Waals surface area contributed by atoms with E-state index in [2.05, 4.69) is 5.10 Å². The third-order valence-electron chi connectivity index (χ3n) is 2.76. The van der Waals surface area contributed by atoms with Crippen molar-refractivity contribution in [2.24, 2.45) is 7.05 Å². The van der Waals surface area contributed by atoms with Gasteiger partial charge in [-0.3, -0.25) is 9.59 Å². The molecular formula is C13H12F3N3O3. The van der Waals surface area contributed by atoms with Gasteiger partial charge in [0.1, 0.15) is 18.0 Å².